The Kier molecular flexibility index (Phi) is 5.38. The van der Waals surface area contributed by atoms with E-state index in [0.29, 0.717) is 27.5 Å². The zero-order valence-corrected chi connectivity index (χ0v) is 19.5. The van der Waals surface area contributed by atoms with Gasteiger partial charge in [0.2, 0.25) is 5.91 Å². The van der Waals surface area contributed by atoms with Crippen LogP contribution in [0.5, 0.6) is 0 Å². The second-order valence-corrected chi connectivity index (χ2v) is 9.04. The Morgan fingerprint density at radius 1 is 0.833 bits per heavy atom. The molecule has 1 N–H and O–H groups in total. The van der Waals surface area contributed by atoms with Crippen LogP contribution >= 0.6 is 11.8 Å². The summed E-state index contributed by atoms with van der Waals surface area (Å²) in [4.78, 5) is 47.7. The number of rotatable bonds is 5. The van der Waals surface area contributed by atoms with Crippen molar-refractivity contribution in [1.82, 2.24) is 19.7 Å². The number of ketones is 2. The Labute approximate surface area is 209 Å². The van der Waals surface area contributed by atoms with E-state index in [2.05, 4.69) is 20.4 Å². The number of amides is 1. The van der Waals surface area contributed by atoms with E-state index in [9.17, 15) is 14.4 Å². The molecule has 1 amide bonds. The van der Waals surface area contributed by atoms with Gasteiger partial charge in [0.05, 0.1) is 34.3 Å². The van der Waals surface area contributed by atoms with Gasteiger partial charge in [0.1, 0.15) is 11.4 Å². The van der Waals surface area contributed by atoms with Gasteiger partial charge >= 0.3 is 0 Å². The SMILES string of the molecule is O=C(CSc1ncnc2c1cnn2-c1ccccc1)Nc1cccc2c1C(=O)c1ccccc1C2=O. The third-order valence-corrected chi connectivity index (χ3v) is 6.90. The van der Waals surface area contributed by atoms with Crippen LogP contribution in [-0.2, 0) is 4.79 Å². The molecule has 0 spiro atoms. The van der Waals surface area contributed by atoms with Crippen LogP contribution in [0.1, 0.15) is 31.8 Å². The number of carbonyl (C=O) groups excluding carboxylic acids is 3. The molecule has 1 aliphatic carbocycles. The number of hydrogen-bond acceptors (Lipinski definition) is 7. The van der Waals surface area contributed by atoms with Crippen LogP contribution < -0.4 is 5.32 Å². The van der Waals surface area contributed by atoms with Gasteiger partial charge in [0.25, 0.3) is 0 Å². The lowest BCUT2D eigenvalue weighted by atomic mass is 9.83. The summed E-state index contributed by atoms with van der Waals surface area (Å²) in [5.74, 6) is -0.792. The second-order valence-electron chi connectivity index (χ2n) is 8.08. The fourth-order valence-corrected chi connectivity index (χ4v) is 5.03. The number of hydrogen-bond donors (Lipinski definition) is 1. The van der Waals surface area contributed by atoms with Gasteiger partial charge in [0.15, 0.2) is 17.2 Å². The van der Waals surface area contributed by atoms with Gasteiger partial charge in [-0.3, -0.25) is 14.4 Å². The highest BCUT2D eigenvalue weighted by atomic mass is 32.2. The number of carbonyl (C=O) groups is 3. The first kappa shape index (κ1) is 21.9. The molecule has 2 aromatic heterocycles. The number of thioether (sulfide) groups is 1. The summed E-state index contributed by atoms with van der Waals surface area (Å²) in [6.45, 7) is 0. The van der Waals surface area contributed by atoms with Crippen molar-refractivity contribution in [2.45, 2.75) is 5.03 Å². The van der Waals surface area contributed by atoms with E-state index in [1.54, 1.807) is 53.3 Å². The predicted molar refractivity (Wildman–Crippen MR) is 136 cm³/mol. The van der Waals surface area contributed by atoms with Crippen molar-refractivity contribution in [2.75, 3.05) is 11.1 Å². The minimum absolute atomic E-state index is 0.0466. The first-order chi connectivity index (χ1) is 17.6. The van der Waals surface area contributed by atoms with Crippen LogP contribution in [0.3, 0.4) is 0 Å². The third-order valence-electron chi connectivity index (χ3n) is 5.90. The Hall–Kier alpha value is -4.63. The largest absolute Gasteiger partial charge is 0.325 e. The van der Waals surface area contributed by atoms with Crippen molar-refractivity contribution in [3.05, 3.63) is 108 Å². The summed E-state index contributed by atoms with van der Waals surface area (Å²) < 4.78 is 1.72. The fraction of sp³-hybridized carbons (Fsp3) is 0.0370. The average Bonchev–Trinajstić information content (AvgIpc) is 3.36. The van der Waals surface area contributed by atoms with E-state index in [-0.39, 0.29) is 34.4 Å². The van der Waals surface area contributed by atoms with E-state index in [0.717, 1.165) is 11.1 Å². The molecule has 0 atom stereocenters. The van der Waals surface area contributed by atoms with E-state index in [1.807, 2.05) is 30.3 Å². The second kappa shape index (κ2) is 8.86. The quantitative estimate of drug-likeness (QED) is 0.283. The van der Waals surface area contributed by atoms with Crippen molar-refractivity contribution in [2.24, 2.45) is 0 Å². The number of nitrogens with one attached hydrogen (secondary N) is 1. The zero-order valence-electron chi connectivity index (χ0n) is 18.7. The normalized spacial score (nSPS) is 12.3. The topological polar surface area (TPSA) is 107 Å². The molecule has 1 aliphatic rings. The van der Waals surface area contributed by atoms with Gasteiger partial charge in [-0.05, 0) is 18.2 Å². The molecule has 36 heavy (non-hydrogen) atoms. The Bertz CT molecular complexity index is 1680. The molecular weight excluding hydrogens is 474 g/mol. The van der Waals surface area contributed by atoms with Crippen molar-refractivity contribution >= 4 is 46.0 Å². The highest BCUT2D eigenvalue weighted by molar-refractivity contribution is 8.00. The molecule has 0 bridgehead atoms. The smallest absolute Gasteiger partial charge is 0.234 e. The summed E-state index contributed by atoms with van der Waals surface area (Å²) in [5, 5.41) is 8.59. The molecule has 0 saturated carbocycles. The first-order valence-electron chi connectivity index (χ1n) is 11.1. The molecule has 9 heteroatoms. The number of anilines is 1. The number of nitrogens with zero attached hydrogens (tertiary/aromatic N) is 4. The maximum Gasteiger partial charge on any atom is 0.234 e. The molecular formula is C27H17N5O3S. The minimum atomic E-state index is -0.324. The lowest BCUT2D eigenvalue weighted by Gasteiger charge is -2.20. The summed E-state index contributed by atoms with van der Waals surface area (Å²) >= 11 is 1.24. The van der Waals surface area contributed by atoms with Crippen molar-refractivity contribution in [3.63, 3.8) is 0 Å². The van der Waals surface area contributed by atoms with Crippen LogP contribution in [0, 0.1) is 0 Å². The Balaban J connectivity index is 1.23. The minimum Gasteiger partial charge on any atom is -0.325 e. The van der Waals surface area contributed by atoms with Gasteiger partial charge in [-0.1, -0.05) is 66.4 Å². The standard InChI is InChI=1S/C27H17N5O3S/c33-22(14-36-27-20-13-30-32(26(20)28-15-29-27)16-7-2-1-3-8-16)31-21-12-6-11-19-23(21)25(35)18-10-5-4-9-17(18)24(19)34/h1-13,15H,14H2,(H,31,33). The first-order valence-corrected chi connectivity index (χ1v) is 12.1. The molecule has 0 radical (unpaired) electrons. The average molecular weight is 492 g/mol. The lowest BCUT2D eigenvalue weighted by Crippen LogP contribution is -2.24. The maximum atomic E-state index is 13.2. The summed E-state index contributed by atoms with van der Waals surface area (Å²) in [6.07, 6.45) is 3.12. The van der Waals surface area contributed by atoms with E-state index >= 15 is 0 Å². The molecule has 0 saturated heterocycles. The molecule has 3 aromatic carbocycles. The predicted octanol–water partition coefficient (Wildman–Crippen LogP) is 4.32. The molecule has 6 rings (SSSR count). The number of benzene rings is 3. The molecule has 2 heterocycles. The van der Waals surface area contributed by atoms with E-state index in [1.165, 1.54) is 18.1 Å². The number of aromatic nitrogens is 4. The van der Waals surface area contributed by atoms with Gasteiger partial charge in [-0.25, -0.2) is 14.6 Å². The van der Waals surface area contributed by atoms with E-state index in [4.69, 9.17) is 0 Å². The van der Waals surface area contributed by atoms with Crippen LogP contribution in [-0.4, -0.2) is 43.0 Å². The van der Waals surface area contributed by atoms with Crippen LogP contribution in [0.2, 0.25) is 0 Å². The summed E-state index contributed by atoms with van der Waals surface area (Å²) in [7, 11) is 0. The molecule has 0 aliphatic heterocycles. The van der Waals surface area contributed by atoms with Crippen LogP contribution in [0.15, 0.2) is 90.3 Å². The van der Waals surface area contributed by atoms with Crippen LogP contribution in [0.4, 0.5) is 5.69 Å². The highest BCUT2D eigenvalue weighted by Gasteiger charge is 2.31. The van der Waals surface area contributed by atoms with Crippen molar-refractivity contribution in [1.29, 1.82) is 0 Å². The third kappa shape index (κ3) is 3.66. The number of para-hydroxylation sites is 1. The Morgan fingerprint density at radius 3 is 2.36 bits per heavy atom. The molecule has 8 nitrogen and oxygen atoms in total. The molecule has 0 unspecified atom stereocenters. The van der Waals surface area contributed by atoms with Gasteiger partial charge in [0, 0.05) is 16.7 Å². The molecule has 5 aromatic rings. The van der Waals surface area contributed by atoms with Gasteiger partial charge < -0.3 is 5.32 Å². The Morgan fingerprint density at radius 2 is 1.56 bits per heavy atom. The van der Waals surface area contributed by atoms with Crippen molar-refractivity contribution < 1.29 is 14.4 Å². The van der Waals surface area contributed by atoms with Crippen LogP contribution in [0.25, 0.3) is 16.7 Å². The summed E-state index contributed by atoms with van der Waals surface area (Å²) in [6, 6.07) is 21.2. The zero-order chi connectivity index (χ0) is 24.6. The molecule has 0 fully saturated rings. The maximum absolute atomic E-state index is 13.2. The summed E-state index contributed by atoms with van der Waals surface area (Å²) in [5.41, 5.74) is 3.04. The van der Waals surface area contributed by atoms with E-state index < -0.39 is 0 Å². The van der Waals surface area contributed by atoms with Gasteiger partial charge in [-0.2, -0.15) is 5.10 Å². The van der Waals surface area contributed by atoms with Gasteiger partial charge in [-0.15, -0.1) is 0 Å². The lowest BCUT2D eigenvalue weighted by molar-refractivity contribution is -0.113. The monoisotopic (exact) mass is 491 g/mol. The number of fused-ring (bicyclic) bond motifs is 3. The molecule has 174 valence electrons. The van der Waals surface area contributed by atoms with Crippen molar-refractivity contribution in [3.8, 4) is 5.69 Å². The fourth-order valence-electron chi connectivity index (χ4n) is 4.27. The highest BCUT2D eigenvalue weighted by Crippen LogP contribution is 2.32.